The predicted molar refractivity (Wildman–Crippen MR) is 134 cm³/mol. The van der Waals surface area contributed by atoms with Crippen LogP contribution in [0, 0.1) is 0 Å². The molecule has 0 radical (unpaired) electrons. The van der Waals surface area contributed by atoms with Crippen molar-refractivity contribution in [3.8, 4) is 22.5 Å². The smallest absolute Gasteiger partial charge is 0.227 e. The average Bonchev–Trinajstić information content (AvgIpc) is 3.27. The van der Waals surface area contributed by atoms with Crippen LogP contribution in [0.25, 0.3) is 22.5 Å². The quantitative estimate of drug-likeness (QED) is 0.504. The number of amides is 1. The third kappa shape index (κ3) is 4.66. The number of ketones is 1. The van der Waals surface area contributed by atoms with E-state index in [2.05, 4.69) is 15.6 Å². The Morgan fingerprint density at radius 3 is 2.65 bits per heavy atom. The normalized spacial score (nSPS) is 13.7. The summed E-state index contributed by atoms with van der Waals surface area (Å²) in [7, 11) is 0. The van der Waals surface area contributed by atoms with E-state index in [4.69, 9.17) is 1.37 Å². The first-order valence-corrected chi connectivity index (χ1v) is 12.1. The highest BCUT2D eigenvalue weighted by Gasteiger charge is 2.28. The predicted octanol–water partition coefficient (Wildman–Crippen LogP) is 4.61. The molecule has 0 saturated carbocycles. The second-order valence-corrected chi connectivity index (χ2v) is 8.55. The summed E-state index contributed by atoms with van der Waals surface area (Å²) in [5, 5.41) is 12.5. The molecule has 1 N–H and O–H groups in total. The number of hydrogen-bond acceptors (Lipinski definition) is 5. The van der Waals surface area contributed by atoms with E-state index in [1.807, 2.05) is 67.1 Å². The molecular formula is C27H33N5O2. The van der Waals surface area contributed by atoms with Gasteiger partial charge < -0.3 is 10.2 Å². The van der Waals surface area contributed by atoms with Gasteiger partial charge in [-0.1, -0.05) is 68.4 Å². The molecular weight excluding hydrogens is 426 g/mol. The summed E-state index contributed by atoms with van der Waals surface area (Å²) in [5.74, 6) is 0.172. The van der Waals surface area contributed by atoms with Gasteiger partial charge in [0.05, 0.1) is 30.5 Å². The Hall–Kier alpha value is -3.32. The molecule has 1 aliphatic rings. The minimum atomic E-state index is -0.148. The zero-order chi connectivity index (χ0) is 24.8. The van der Waals surface area contributed by atoms with E-state index in [0.717, 1.165) is 46.6 Å². The van der Waals surface area contributed by atoms with Gasteiger partial charge in [-0.3, -0.25) is 9.59 Å². The van der Waals surface area contributed by atoms with Crippen LogP contribution < -0.4 is 10.2 Å². The van der Waals surface area contributed by atoms with E-state index in [9.17, 15) is 9.59 Å². The maximum Gasteiger partial charge on any atom is 0.227 e. The fourth-order valence-electron chi connectivity index (χ4n) is 4.58. The van der Waals surface area contributed by atoms with E-state index in [1.165, 1.54) is 0 Å². The minimum Gasteiger partial charge on any atom is -0.307 e. The van der Waals surface area contributed by atoms with Gasteiger partial charge in [-0.15, -0.1) is 5.10 Å². The molecule has 2 heterocycles. The summed E-state index contributed by atoms with van der Waals surface area (Å²) in [4.78, 5) is 27.2. The van der Waals surface area contributed by atoms with Crippen LogP contribution in [0.1, 0.15) is 53.4 Å². The number of hydrogen-bond donors (Lipinski definition) is 1. The van der Waals surface area contributed by atoms with Gasteiger partial charge >= 0.3 is 0 Å². The number of aromatic nitrogens is 3. The number of anilines is 1. The molecule has 1 aliphatic heterocycles. The lowest BCUT2D eigenvalue weighted by atomic mass is 9.95. The van der Waals surface area contributed by atoms with Crippen molar-refractivity contribution >= 4 is 17.4 Å². The number of carbonyl (C=O) groups excluding carboxylic acids is 2. The molecule has 7 nitrogen and oxygen atoms in total. The van der Waals surface area contributed by atoms with E-state index in [0.29, 0.717) is 26.1 Å². The Morgan fingerprint density at radius 1 is 1.12 bits per heavy atom. The summed E-state index contributed by atoms with van der Waals surface area (Å²) in [6.45, 7) is 5.68. The second kappa shape index (κ2) is 10.7. The van der Waals surface area contributed by atoms with Crippen molar-refractivity contribution in [3.63, 3.8) is 0 Å². The van der Waals surface area contributed by atoms with Crippen LogP contribution in [-0.2, 0) is 22.7 Å². The number of para-hydroxylation sites is 1. The van der Waals surface area contributed by atoms with Crippen LogP contribution in [0.15, 0.2) is 48.5 Å². The van der Waals surface area contributed by atoms with Gasteiger partial charge in [0.1, 0.15) is 11.5 Å². The number of rotatable bonds is 9. The highest BCUT2D eigenvalue weighted by Crippen LogP contribution is 2.40. The Labute approximate surface area is 202 Å². The van der Waals surface area contributed by atoms with E-state index >= 15 is 0 Å². The molecule has 3 aromatic rings. The number of benzene rings is 2. The Bertz CT molecular complexity index is 1190. The van der Waals surface area contributed by atoms with Crippen molar-refractivity contribution in [1.29, 1.82) is 0 Å². The molecule has 1 unspecified atom stereocenters. The van der Waals surface area contributed by atoms with Crippen LogP contribution in [0.5, 0.6) is 0 Å². The summed E-state index contributed by atoms with van der Waals surface area (Å²) in [5.41, 5.74) is 5.26. The molecule has 178 valence electrons. The molecule has 4 rings (SSSR count). The van der Waals surface area contributed by atoms with Gasteiger partial charge in [0.15, 0.2) is 0 Å². The Balaban J connectivity index is 1.72. The first-order chi connectivity index (χ1) is 17.1. The number of fused-ring (bicyclic) bond motifs is 5. The first kappa shape index (κ1) is 22.5. The highest BCUT2D eigenvalue weighted by molar-refractivity contribution is 6.00. The van der Waals surface area contributed by atoms with Crippen LogP contribution in [0.4, 0.5) is 5.69 Å². The van der Waals surface area contributed by atoms with E-state index < -0.39 is 0 Å². The lowest BCUT2D eigenvalue weighted by molar-refractivity contribution is -0.121. The Kier molecular flexibility index (Phi) is 7.10. The molecule has 0 bridgehead atoms. The zero-order valence-corrected chi connectivity index (χ0v) is 20.0. The maximum atomic E-state index is 13.0. The molecule has 34 heavy (non-hydrogen) atoms. The maximum absolute atomic E-state index is 13.0. The van der Waals surface area contributed by atoms with Gasteiger partial charge in [-0.05, 0) is 24.5 Å². The molecule has 1 amide bonds. The van der Waals surface area contributed by atoms with Gasteiger partial charge in [0.25, 0.3) is 0 Å². The fourth-order valence-corrected chi connectivity index (χ4v) is 4.58. The largest absolute Gasteiger partial charge is 0.307 e. The highest BCUT2D eigenvalue weighted by atomic mass is 16.2. The van der Waals surface area contributed by atoms with E-state index in [-0.39, 0.29) is 31.1 Å². The van der Waals surface area contributed by atoms with Crippen LogP contribution in [0.2, 0.25) is 0 Å². The lowest BCUT2D eigenvalue weighted by Gasteiger charge is -2.28. The lowest BCUT2D eigenvalue weighted by Crippen LogP contribution is -2.38. The summed E-state index contributed by atoms with van der Waals surface area (Å²) in [6.07, 6.45) is 2.36. The van der Waals surface area contributed by atoms with Crippen molar-refractivity contribution in [2.75, 3.05) is 11.4 Å². The molecule has 2 aromatic carbocycles. The second-order valence-electron chi connectivity index (χ2n) is 8.55. The monoisotopic (exact) mass is 461 g/mol. The topological polar surface area (TPSA) is 80.1 Å². The number of Topliss-reactive ketones (excluding diaryl/α,β-unsaturated/α-hetero) is 1. The molecule has 1 aromatic heterocycles. The molecule has 0 saturated heterocycles. The van der Waals surface area contributed by atoms with Crippen LogP contribution in [-0.4, -0.2) is 39.3 Å². The molecule has 0 aliphatic carbocycles. The minimum absolute atomic E-state index is 0.0487. The fraction of sp³-hybridized carbons (Fsp3) is 0.407. The Morgan fingerprint density at radius 2 is 1.88 bits per heavy atom. The zero-order valence-electron chi connectivity index (χ0n) is 21.0. The van der Waals surface area contributed by atoms with Gasteiger partial charge in [0, 0.05) is 31.9 Å². The number of nitrogens with zero attached hydrogens (tertiary/aromatic N) is 4. The number of carbonyl (C=O) groups is 2. The SMILES string of the molecule is [3H]CCC(=O)N1Cc2ccccc2-c2c(nnn2CCNC(CC)C(=O)CCC)-c2ccccc21. The third-order valence-electron chi connectivity index (χ3n) is 6.31. The van der Waals surface area contributed by atoms with Crippen LogP contribution in [0.3, 0.4) is 0 Å². The molecule has 0 fully saturated rings. The van der Waals surface area contributed by atoms with Crippen molar-refractivity contribution in [3.05, 3.63) is 54.1 Å². The summed E-state index contributed by atoms with van der Waals surface area (Å²) < 4.78 is 9.46. The molecule has 1 atom stereocenters. The van der Waals surface area contributed by atoms with Crippen molar-refractivity contribution in [2.24, 2.45) is 0 Å². The van der Waals surface area contributed by atoms with Crippen molar-refractivity contribution in [1.82, 2.24) is 20.3 Å². The molecule has 0 spiro atoms. The van der Waals surface area contributed by atoms with Crippen LogP contribution >= 0.6 is 0 Å². The molecule has 7 heteroatoms. The van der Waals surface area contributed by atoms with Crippen molar-refractivity contribution < 1.29 is 11.0 Å². The van der Waals surface area contributed by atoms with Crippen molar-refractivity contribution in [2.45, 2.75) is 65.6 Å². The van der Waals surface area contributed by atoms with E-state index in [1.54, 1.807) is 4.90 Å². The van der Waals surface area contributed by atoms with Gasteiger partial charge in [-0.2, -0.15) is 0 Å². The summed E-state index contributed by atoms with van der Waals surface area (Å²) in [6, 6.07) is 15.6. The third-order valence-corrected chi connectivity index (χ3v) is 6.31. The van der Waals surface area contributed by atoms with Gasteiger partial charge in [0.2, 0.25) is 5.91 Å². The summed E-state index contributed by atoms with van der Waals surface area (Å²) >= 11 is 0. The first-order valence-electron chi connectivity index (χ1n) is 12.8. The number of nitrogens with one attached hydrogen (secondary N) is 1. The standard InChI is InChI=1S/C27H33N5O2/c1-4-11-24(33)22(5-2)28-16-17-32-27-20-13-8-7-12-19(20)18-31(25(34)6-3)23-15-10-9-14-21(23)26(27)29-30-32/h7-10,12-15,22,28H,4-6,11,16-18H2,1-3H3/i3T. The average molecular weight is 462 g/mol. The van der Waals surface area contributed by atoms with Gasteiger partial charge in [-0.25, -0.2) is 4.68 Å².